The Morgan fingerprint density at radius 1 is 1.28 bits per heavy atom. The molecule has 0 spiro atoms. The number of nitrogens with zero attached hydrogens (tertiary/aromatic N) is 2. The van der Waals surface area contributed by atoms with Crippen molar-refractivity contribution in [3.05, 3.63) is 20.0 Å². The largest absolute Gasteiger partial charge is 0.403 e. The van der Waals surface area contributed by atoms with E-state index >= 15 is 0 Å². The molecule has 0 bridgehead atoms. The van der Waals surface area contributed by atoms with Crippen LogP contribution in [0.15, 0.2) is 9.59 Å². The van der Waals surface area contributed by atoms with Crippen molar-refractivity contribution in [2.75, 3.05) is 11.9 Å². The molecular weight excluding hydrogens is 379 g/mol. The van der Waals surface area contributed by atoms with Crippen molar-refractivity contribution in [3.8, 4) is 0 Å². The average Bonchev–Trinajstić information content (AvgIpc) is 2.95. The van der Waals surface area contributed by atoms with Gasteiger partial charge in [-0.25, -0.2) is 0 Å². The number of nitrogens with two attached hydrogens (primary N) is 1. The molecule has 4 atom stereocenters. The molecule has 2 aromatic heterocycles. The number of aliphatic hydroxyl groups is 2. The number of aliphatic hydroxyl groups excluding tert-OH is 2. The first-order valence-electron chi connectivity index (χ1n) is 7.07. The van der Waals surface area contributed by atoms with Gasteiger partial charge in [-0.1, -0.05) is 11.3 Å². The SMILES string of the molecule is Nc1nc2c(sc(=O)n2[C@H]2OC(CC[P+](O)(O)O)C(O)C2O)c(=O)[nH]1. The molecule has 0 saturated carbocycles. The number of anilines is 1. The lowest BCUT2D eigenvalue weighted by molar-refractivity contribution is -0.0366. The van der Waals surface area contributed by atoms with Crippen LogP contribution in [-0.2, 0) is 4.74 Å². The van der Waals surface area contributed by atoms with Gasteiger partial charge in [-0.05, 0) is 0 Å². The second-order valence-corrected chi connectivity index (χ2v) is 8.39. The van der Waals surface area contributed by atoms with E-state index in [-0.39, 0.29) is 22.7 Å². The monoisotopic (exact) mass is 395 g/mol. The van der Waals surface area contributed by atoms with Crippen molar-refractivity contribution in [2.45, 2.75) is 31.0 Å². The standard InChI is InChI=1S/C11H15N4O8PS/c12-10-13-7-6(8(18)14-10)25-11(19)15(7)9-5(17)4(16)3(23-9)1-2-24(20,21)22/h3-5,9,16-17,20-22H,1-2H2,(H2-,12,13,14,18)/p+1/t3?,4?,5?,9-/m0/s1. The molecule has 0 amide bonds. The van der Waals surface area contributed by atoms with Crippen LogP contribution in [0.2, 0.25) is 0 Å². The third-order valence-corrected chi connectivity index (χ3v) is 5.60. The van der Waals surface area contributed by atoms with Crippen LogP contribution in [0.25, 0.3) is 10.3 Å². The van der Waals surface area contributed by atoms with Crippen molar-refractivity contribution in [1.29, 1.82) is 0 Å². The predicted octanol–water partition coefficient (Wildman–Crippen LogP) is -2.52. The molecule has 0 radical (unpaired) electrons. The maximum absolute atomic E-state index is 12.2. The number of nitrogen functional groups attached to an aromatic ring is 1. The second-order valence-electron chi connectivity index (χ2n) is 5.59. The summed E-state index contributed by atoms with van der Waals surface area (Å²) in [6.45, 7) is 0. The number of ether oxygens (including phenoxy) is 1. The first kappa shape index (κ1) is 18.4. The molecule has 138 valence electrons. The van der Waals surface area contributed by atoms with E-state index in [1.165, 1.54) is 0 Å². The molecule has 3 rings (SSSR count). The number of aromatic nitrogens is 3. The van der Waals surface area contributed by atoms with Crippen molar-refractivity contribution in [3.63, 3.8) is 0 Å². The maximum Gasteiger partial charge on any atom is 0.403 e. The zero-order valence-corrected chi connectivity index (χ0v) is 14.2. The van der Waals surface area contributed by atoms with E-state index in [1.807, 2.05) is 0 Å². The van der Waals surface area contributed by atoms with Gasteiger partial charge in [0.25, 0.3) is 5.56 Å². The van der Waals surface area contributed by atoms with Gasteiger partial charge < -0.3 is 20.7 Å². The third kappa shape index (κ3) is 3.45. The molecule has 3 heterocycles. The molecule has 25 heavy (non-hydrogen) atoms. The minimum absolute atomic E-state index is 0.0149. The Morgan fingerprint density at radius 3 is 2.60 bits per heavy atom. The number of fused-ring (bicyclic) bond motifs is 1. The van der Waals surface area contributed by atoms with Gasteiger partial charge in [0.1, 0.15) is 23.1 Å². The lowest BCUT2D eigenvalue weighted by Gasteiger charge is -2.16. The normalized spacial score (nSPS) is 27.2. The number of hydrogen-bond donors (Lipinski definition) is 7. The Morgan fingerprint density at radius 2 is 1.96 bits per heavy atom. The molecule has 1 aliphatic heterocycles. The highest BCUT2D eigenvalue weighted by Crippen LogP contribution is 2.46. The van der Waals surface area contributed by atoms with E-state index in [4.69, 9.17) is 25.2 Å². The second kappa shape index (κ2) is 6.37. The molecule has 12 nitrogen and oxygen atoms in total. The number of H-pyrrole nitrogens is 1. The smallest absolute Gasteiger partial charge is 0.388 e. The Bertz CT molecular complexity index is 904. The fourth-order valence-electron chi connectivity index (χ4n) is 2.65. The number of hydrogen-bond acceptors (Lipinski definition) is 11. The van der Waals surface area contributed by atoms with Crippen LogP contribution >= 0.6 is 19.3 Å². The summed E-state index contributed by atoms with van der Waals surface area (Å²) in [7, 11) is -4.07. The van der Waals surface area contributed by atoms with Crippen molar-refractivity contribution in [1.82, 2.24) is 14.5 Å². The minimum atomic E-state index is -4.07. The number of thiazole rings is 1. The van der Waals surface area contributed by atoms with Gasteiger partial charge in [-0.15, -0.1) is 0 Å². The summed E-state index contributed by atoms with van der Waals surface area (Å²) in [5.41, 5.74) is 4.76. The molecule has 1 saturated heterocycles. The van der Waals surface area contributed by atoms with Crippen LogP contribution in [0, 0.1) is 0 Å². The summed E-state index contributed by atoms with van der Waals surface area (Å²) >= 11 is 0.581. The lowest BCUT2D eigenvalue weighted by Crippen LogP contribution is -2.34. The fraction of sp³-hybridized carbons (Fsp3) is 0.545. The van der Waals surface area contributed by atoms with Gasteiger partial charge >= 0.3 is 12.8 Å². The summed E-state index contributed by atoms with van der Waals surface area (Å²) in [4.78, 5) is 56.7. The van der Waals surface area contributed by atoms with Crippen molar-refractivity contribution >= 4 is 35.6 Å². The minimum Gasteiger partial charge on any atom is -0.388 e. The van der Waals surface area contributed by atoms with Crippen LogP contribution in [0.1, 0.15) is 12.6 Å². The highest BCUT2D eigenvalue weighted by molar-refractivity contribution is 7.58. The fourth-order valence-corrected chi connectivity index (χ4v) is 4.09. The quantitative estimate of drug-likeness (QED) is 0.270. The number of rotatable bonds is 4. The maximum atomic E-state index is 12.2. The first-order chi connectivity index (χ1) is 11.6. The summed E-state index contributed by atoms with van der Waals surface area (Å²) in [5, 5.41) is 20.3. The van der Waals surface area contributed by atoms with Gasteiger partial charge in [0, 0.05) is 6.42 Å². The van der Waals surface area contributed by atoms with E-state index in [2.05, 4.69) is 9.97 Å². The highest BCUT2D eigenvalue weighted by atomic mass is 32.1. The Hall–Kier alpha value is -1.44. The summed E-state index contributed by atoms with van der Waals surface area (Å²) < 4.78 is 6.36. The van der Waals surface area contributed by atoms with Gasteiger partial charge in [0.2, 0.25) is 5.95 Å². The predicted molar refractivity (Wildman–Crippen MR) is 87.9 cm³/mol. The first-order valence-corrected chi connectivity index (χ1v) is 9.72. The molecule has 1 aliphatic rings. The van der Waals surface area contributed by atoms with Crippen LogP contribution in [0.3, 0.4) is 0 Å². The van der Waals surface area contributed by atoms with E-state index in [1.54, 1.807) is 0 Å². The highest BCUT2D eigenvalue weighted by Gasteiger charge is 2.46. The third-order valence-electron chi connectivity index (χ3n) is 3.80. The van der Waals surface area contributed by atoms with E-state index in [9.17, 15) is 19.8 Å². The number of aromatic amines is 1. The summed E-state index contributed by atoms with van der Waals surface area (Å²) in [5.74, 6) is -0.232. The van der Waals surface area contributed by atoms with E-state index in [0.29, 0.717) is 11.3 Å². The number of nitrogens with one attached hydrogen (secondary N) is 1. The Labute approximate surface area is 143 Å². The van der Waals surface area contributed by atoms with Crippen molar-refractivity contribution < 1.29 is 29.6 Å². The van der Waals surface area contributed by atoms with Crippen LogP contribution < -0.4 is 16.2 Å². The summed E-state index contributed by atoms with van der Waals surface area (Å²) in [6, 6.07) is 0. The van der Waals surface area contributed by atoms with E-state index < -0.39 is 49.1 Å². The van der Waals surface area contributed by atoms with Gasteiger partial charge in [0.15, 0.2) is 11.9 Å². The Kier molecular flexibility index (Phi) is 4.68. The van der Waals surface area contributed by atoms with Gasteiger partial charge in [-0.3, -0.25) is 19.1 Å². The Balaban J connectivity index is 1.97. The van der Waals surface area contributed by atoms with Gasteiger partial charge in [0.05, 0.1) is 6.10 Å². The van der Waals surface area contributed by atoms with Crippen LogP contribution in [-0.4, -0.2) is 63.9 Å². The molecule has 1 fully saturated rings. The lowest BCUT2D eigenvalue weighted by atomic mass is 10.1. The van der Waals surface area contributed by atoms with Crippen LogP contribution in [0.5, 0.6) is 0 Å². The van der Waals surface area contributed by atoms with Gasteiger partial charge in [-0.2, -0.15) is 19.7 Å². The molecule has 0 aromatic carbocycles. The molecule has 0 aliphatic carbocycles. The topological polar surface area (TPSA) is 204 Å². The van der Waals surface area contributed by atoms with E-state index in [0.717, 1.165) is 4.57 Å². The van der Waals surface area contributed by atoms with Crippen molar-refractivity contribution in [2.24, 2.45) is 0 Å². The molecule has 8 N–H and O–H groups in total. The zero-order chi connectivity index (χ0) is 18.5. The zero-order valence-electron chi connectivity index (χ0n) is 12.5. The summed E-state index contributed by atoms with van der Waals surface area (Å²) in [6.07, 6.45) is -6.01. The molecular formula is C11H16N4O8PS+. The average molecular weight is 395 g/mol. The molecule has 14 heteroatoms. The molecule has 2 aromatic rings. The molecule has 3 unspecified atom stereocenters. The van der Waals surface area contributed by atoms with Crippen LogP contribution in [0.4, 0.5) is 5.95 Å².